The van der Waals surface area contributed by atoms with E-state index in [1.165, 1.54) is 39.8 Å². The van der Waals surface area contributed by atoms with Crippen molar-refractivity contribution in [3.05, 3.63) is 23.7 Å². The Morgan fingerprint density at radius 1 is 0.812 bits per heavy atom. The van der Waals surface area contributed by atoms with Gasteiger partial charge >= 0.3 is 21.0 Å². The van der Waals surface area contributed by atoms with Gasteiger partial charge in [0.15, 0.2) is 11.6 Å². The zero-order valence-electron chi connectivity index (χ0n) is 9.72. The maximum absolute atomic E-state index is 10.0. The number of ketones is 2. The molecule has 5 nitrogen and oxygen atoms in total. The van der Waals surface area contributed by atoms with Crippen molar-refractivity contribution in [2.24, 2.45) is 0 Å². The molecule has 0 atom stereocenters. The zero-order chi connectivity index (χ0) is 13.7. The first-order valence-corrected chi connectivity index (χ1v) is 4.76. The Hall–Kier alpha value is -1.20. The molecule has 0 aromatic carbocycles. The normalized spacial score (nSPS) is 10.2. The van der Waals surface area contributed by atoms with Crippen LogP contribution in [-0.4, -0.2) is 21.8 Å². The van der Waals surface area contributed by atoms with Crippen molar-refractivity contribution in [3.8, 4) is 0 Å². The van der Waals surface area contributed by atoms with E-state index in [1.807, 2.05) is 0 Å². The van der Waals surface area contributed by atoms with E-state index in [0.29, 0.717) is 0 Å². The Bertz CT molecular complexity index is 245. The number of rotatable bonds is 2. The van der Waals surface area contributed by atoms with Crippen LogP contribution in [0.1, 0.15) is 27.7 Å². The van der Waals surface area contributed by atoms with E-state index in [4.69, 9.17) is 13.9 Å². The van der Waals surface area contributed by atoms with E-state index < -0.39 is 0 Å². The second-order valence-corrected chi connectivity index (χ2v) is 2.79. The average Bonchev–Trinajstić information content (AvgIpc) is 2.03. The molecule has 0 aromatic rings. The second-order valence-electron chi connectivity index (χ2n) is 2.79. The molecular weight excluding hydrogens is 251 g/mol. The Morgan fingerprint density at radius 2 is 1.00 bits per heavy atom. The summed E-state index contributed by atoms with van der Waals surface area (Å²) in [5.74, 6) is -0.125. The zero-order valence-corrected chi connectivity index (χ0v) is 11.1. The van der Waals surface area contributed by atoms with Crippen LogP contribution in [-0.2, 0) is 30.6 Å². The molecule has 0 aromatic heterocycles. The molecule has 6 heteroatoms. The third-order valence-electron chi connectivity index (χ3n) is 0.824. The molecule has 0 unspecified atom stereocenters. The summed E-state index contributed by atoms with van der Waals surface area (Å²) in [6.45, 7) is 5.70. The van der Waals surface area contributed by atoms with Crippen LogP contribution in [0.3, 0.4) is 0 Å². The van der Waals surface area contributed by atoms with Crippen molar-refractivity contribution in [1.82, 2.24) is 0 Å². The Kier molecular flexibility index (Phi) is 17.5. The Morgan fingerprint density at radius 3 is 1.00 bits per heavy atom. The minimum atomic E-state index is -0.125. The minimum absolute atomic E-state index is 0.0625. The van der Waals surface area contributed by atoms with Gasteiger partial charge in [0.2, 0.25) is 0 Å². The van der Waals surface area contributed by atoms with Crippen molar-refractivity contribution < 1.29 is 40.8 Å². The predicted molar refractivity (Wildman–Crippen MR) is 54.8 cm³/mol. The monoisotopic (exact) mass is 267 g/mol. The summed E-state index contributed by atoms with van der Waals surface area (Å²) in [7, 11) is 0. The fourth-order valence-electron chi connectivity index (χ4n) is 0.588. The molecule has 0 aliphatic rings. The standard InChI is InChI=1S/2C5H8O2.O.V/c2*1-4(6)3-5(2)7;;/h2*3,6H,1-2H3;;/b2*4-3-;;. The van der Waals surface area contributed by atoms with Crippen molar-refractivity contribution in [2.45, 2.75) is 27.7 Å². The fourth-order valence-corrected chi connectivity index (χ4v) is 0.588. The van der Waals surface area contributed by atoms with Crippen LogP contribution in [0, 0.1) is 0 Å². The van der Waals surface area contributed by atoms with E-state index in [1.54, 1.807) is 0 Å². The van der Waals surface area contributed by atoms with Crippen LogP contribution in [0.4, 0.5) is 0 Å². The number of carbonyl (C=O) groups excluding carboxylic acids is 2. The molecule has 0 amide bonds. The fraction of sp³-hybridized carbons (Fsp3) is 0.400. The molecule has 0 radical (unpaired) electrons. The van der Waals surface area contributed by atoms with E-state index in [0.717, 1.165) is 17.4 Å². The summed E-state index contributed by atoms with van der Waals surface area (Å²) in [4.78, 5) is 20.0. The molecule has 0 saturated carbocycles. The summed E-state index contributed by atoms with van der Waals surface area (Å²) in [5.41, 5.74) is 0. The first-order chi connectivity index (χ1) is 7.25. The molecule has 0 heterocycles. The quantitative estimate of drug-likeness (QED) is 0.589. The van der Waals surface area contributed by atoms with Crippen LogP contribution in [0.5, 0.6) is 0 Å². The number of hydrogen-bond donors (Lipinski definition) is 2. The van der Waals surface area contributed by atoms with Crippen molar-refractivity contribution in [3.63, 3.8) is 0 Å². The van der Waals surface area contributed by atoms with Gasteiger partial charge < -0.3 is 10.2 Å². The summed E-state index contributed by atoms with van der Waals surface area (Å²) in [5, 5.41) is 16.7. The van der Waals surface area contributed by atoms with Gasteiger partial charge in [-0.3, -0.25) is 9.59 Å². The molecule has 2 N–H and O–H groups in total. The van der Waals surface area contributed by atoms with Crippen LogP contribution in [0.2, 0.25) is 0 Å². The predicted octanol–water partition coefficient (Wildman–Crippen LogP) is 1.95. The second kappa shape index (κ2) is 13.8. The van der Waals surface area contributed by atoms with Crippen LogP contribution in [0.25, 0.3) is 0 Å². The molecule has 0 bridgehead atoms. The summed E-state index contributed by atoms with van der Waals surface area (Å²) in [6, 6.07) is 0. The molecule has 0 saturated heterocycles. The van der Waals surface area contributed by atoms with E-state index in [2.05, 4.69) is 0 Å². The van der Waals surface area contributed by atoms with Crippen molar-refractivity contribution in [2.75, 3.05) is 0 Å². The summed E-state index contributed by atoms with van der Waals surface area (Å²) in [6.07, 6.45) is 2.33. The van der Waals surface area contributed by atoms with E-state index in [-0.39, 0.29) is 23.1 Å². The topological polar surface area (TPSA) is 91.7 Å². The molecular formula is C10H16O5V. The van der Waals surface area contributed by atoms with E-state index >= 15 is 0 Å². The number of carbonyl (C=O) groups is 2. The average molecular weight is 267 g/mol. The van der Waals surface area contributed by atoms with Gasteiger partial charge in [0.05, 0.1) is 11.5 Å². The third kappa shape index (κ3) is 38.5. The number of hydrogen-bond acceptors (Lipinski definition) is 5. The first-order valence-electron chi connectivity index (χ1n) is 4.19. The van der Waals surface area contributed by atoms with Gasteiger partial charge in [0.1, 0.15) is 0 Å². The SMILES string of the molecule is CC(=O)/C=C(/C)O.CC(=O)/C=C(/C)O.[O]=[V]. The van der Waals surface area contributed by atoms with Crippen LogP contribution >= 0.6 is 0 Å². The summed E-state index contributed by atoms with van der Waals surface area (Å²) >= 11 is 1.06. The van der Waals surface area contributed by atoms with Crippen LogP contribution in [0.15, 0.2) is 23.7 Å². The van der Waals surface area contributed by atoms with Gasteiger partial charge in [-0.25, -0.2) is 0 Å². The van der Waals surface area contributed by atoms with Gasteiger partial charge in [-0.2, -0.15) is 0 Å². The maximum atomic E-state index is 10.0. The molecule has 0 aliphatic heterocycles. The number of aliphatic hydroxyl groups is 2. The number of aliphatic hydroxyl groups excluding tert-OH is 2. The molecule has 16 heavy (non-hydrogen) atoms. The van der Waals surface area contributed by atoms with Crippen molar-refractivity contribution in [1.29, 1.82) is 0 Å². The number of allylic oxidation sites excluding steroid dienone is 4. The Balaban J connectivity index is -0.000000183. The molecule has 0 spiro atoms. The van der Waals surface area contributed by atoms with Gasteiger partial charge in [-0.05, 0) is 27.7 Å². The summed E-state index contributed by atoms with van der Waals surface area (Å²) < 4.78 is 8.19. The Labute approximate surface area is 104 Å². The van der Waals surface area contributed by atoms with E-state index in [9.17, 15) is 9.59 Å². The van der Waals surface area contributed by atoms with Crippen molar-refractivity contribution >= 4 is 11.6 Å². The van der Waals surface area contributed by atoms with Gasteiger partial charge in [0, 0.05) is 12.2 Å². The molecule has 91 valence electrons. The third-order valence-corrected chi connectivity index (χ3v) is 0.824. The van der Waals surface area contributed by atoms with Gasteiger partial charge in [0.25, 0.3) is 0 Å². The van der Waals surface area contributed by atoms with Gasteiger partial charge in [-0.15, -0.1) is 0 Å². The first kappa shape index (κ1) is 20.2. The molecule has 0 fully saturated rings. The van der Waals surface area contributed by atoms with Gasteiger partial charge in [-0.1, -0.05) is 0 Å². The molecule has 0 aliphatic carbocycles. The molecule has 0 rings (SSSR count). The van der Waals surface area contributed by atoms with Crippen LogP contribution < -0.4 is 0 Å².